The van der Waals surface area contributed by atoms with Crippen LogP contribution in [0.25, 0.3) is 0 Å². The number of nitrogens with two attached hydrogens (primary N) is 1. The van der Waals surface area contributed by atoms with Crippen molar-refractivity contribution in [1.29, 1.82) is 0 Å². The lowest BCUT2D eigenvalue weighted by molar-refractivity contribution is 0.221. The molecule has 0 aromatic heterocycles. The monoisotopic (exact) mass is 498 g/mol. The average Bonchev–Trinajstić information content (AvgIpc) is 2.71. The Bertz CT molecular complexity index is 719. The molecule has 0 atom stereocenters. The fourth-order valence-corrected chi connectivity index (χ4v) is 2.63. The van der Waals surface area contributed by atoms with Crippen LogP contribution in [0.2, 0.25) is 0 Å². The Balaban J connectivity index is 0.00000392. The van der Waals surface area contributed by atoms with Crippen LogP contribution < -0.4 is 20.5 Å². The molecule has 0 fully saturated rings. The maximum atomic E-state index is 6.01. The fourth-order valence-electron chi connectivity index (χ4n) is 2.63. The SMILES string of the molecule is CCN(CC)CCOc1ccccc1CN=C(N)Nc1ccc(OC)cc1.I. The Morgan fingerprint density at radius 3 is 2.39 bits per heavy atom. The van der Waals surface area contributed by atoms with E-state index in [9.17, 15) is 0 Å². The van der Waals surface area contributed by atoms with Gasteiger partial charge in [0.15, 0.2) is 5.96 Å². The topological polar surface area (TPSA) is 72.1 Å². The molecule has 6 nitrogen and oxygen atoms in total. The van der Waals surface area contributed by atoms with Gasteiger partial charge in [0.25, 0.3) is 0 Å². The second-order valence-electron chi connectivity index (χ2n) is 6.04. The minimum Gasteiger partial charge on any atom is -0.497 e. The van der Waals surface area contributed by atoms with Gasteiger partial charge in [0.1, 0.15) is 18.1 Å². The van der Waals surface area contributed by atoms with Crippen molar-refractivity contribution in [3.05, 3.63) is 54.1 Å². The van der Waals surface area contributed by atoms with Crippen LogP contribution in [-0.2, 0) is 6.54 Å². The van der Waals surface area contributed by atoms with Gasteiger partial charge in [-0.25, -0.2) is 4.99 Å². The number of guanidine groups is 1. The first kappa shape index (κ1) is 24.0. The molecule has 0 saturated heterocycles. The first-order valence-corrected chi connectivity index (χ1v) is 9.30. The van der Waals surface area contributed by atoms with Crippen LogP contribution in [0.1, 0.15) is 19.4 Å². The standard InChI is InChI=1S/C21H30N4O2.HI/c1-4-25(5-2)14-15-27-20-9-7-6-8-17(20)16-23-21(22)24-18-10-12-19(26-3)13-11-18;/h6-13H,4-5,14-16H2,1-3H3,(H3,22,23,24);1H. The van der Waals surface area contributed by atoms with Crippen molar-refractivity contribution < 1.29 is 9.47 Å². The number of ether oxygens (including phenoxy) is 2. The summed E-state index contributed by atoms with van der Waals surface area (Å²) in [5, 5.41) is 3.08. The molecule has 0 saturated carbocycles. The zero-order valence-corrected chi connectivity index (χ0v) is 19.2. The van der Waals surface area contributed by atoms with Crippen molar-refractivity contribution in [3.8, 4) is 11.5 Å². The number of nitrogens with one attached hydrogen (secondary N) is 1. The van der Waals surface area contributed by atoms with Crippen LogP contribution in [0.4, 0.5) is 5.69 Å². The summed E-state index contributed by atoms with van der Waals surface area (Å²) in [7, 11) is 1.64. The van der Waals surface area contributed by atoms with Gasteiger partial charge in [-0.15, -0.1) is 24.0 Å². The summed E-state index contributed by atoms with van der Waals surface area (Å²) < 4.78 is 11.1. The molecule has 0 bridgehead atoms. The quantitative estimate of drug-likeness (QED) is 0.295. The van der Waals surface area contributed by atoms with Crippen LogP contribution in [0.5, 0.6) is 11.5 Å². The molecule has 2 rings (SSSR count). The van der Waals surface area contributed by atoms with Crippen molar-refractivity contribution in [2.24, 2.45) is 10.7 Å². The number of nitrogens with zero attached hydrogens (tertiary/aromatic N) is 2. The van der Waals surface area contributed by atoms with Gasteiger partial charge in [0.2, 0.25) is 0 Å². The minimum absolute atomic E-state index is 0. The molecule has 0 amide bonds. The maximum Gasteiger partial charge on any atom is 0.193 e. The van der Waals surface area contributed by atoms with E-state index in [0.717, 1.165) is 42.4 Å². The summed E-state index contributed by atoms with van der Waals surface area (Å²) >= 11 is 0. The van der Waals surface area contributed by atoms with Crippen molar-refractivity contribution >= 4 is 35.6 Å². The highest BCUT2D eigenvalue weighted by Gasteiger charge is 2.05. The summed E-state index contributed by atoms with van der Waals surface area (Å²) in [5.41, 5.74) is 7.88. The molecule has 7 heteroatoms. The van der Waals surface area contributed by atoms with Gasteiger partial charge in [-0.2, -0.15) is 0 Å². The van der Waals surface area contributed by atoms with E-state index in [0.29, 0.717) is 19.1 Å². The molecule has 2 aromatic carbocycles. The highest BCUT2D eigenvalue weighted by atomic mass is 127. The minimum atomic E-state index is 0. The van der Waals surface area contributed by atoms with Crippen molar-refractivity contribution in [3.63, 3.8) is 0 Å². The highest BCUT2D eigenvalue weighted by molar-refractivity contribution is 14.0. The van der Waals surface area contributed by atoms with E-state index in [-0.39, 0.29) is 24.0 Å². The van der Waals surface area contributed by atoms with E-state index in [1.54, 1.807) is 7.11 Å². The normalized spacial score (nSPS) is 11.1. The van der Waals surface area contributed by atoms with Gasteiger partial charge >= 0.3 is 0 Å². The van der Waals surface area contributed by atoms with Crippen LogP contribution in [0.15, 0.2) is 53.5 Å². The Hall–Kier alpha value is -2.00. The number of aliphatic imine (C=N–C) groups is 1. The number of hydrogen-bond donors (Lipinski definition) is 2. The van der Waals surface area contributed by atoms with E-state index in [1.807, 2.05) is 48.5 Å². The molecule has 2 aromatic rings. The van der Waals surface area contributed by atoms with Crippen LogP contribution in [-0.4, -0.2) is 44.2 Å². The average molecular weight is 498 g/mol. The van der Waals surface area contributed by atoms with Crippen molar-refractivity contribution in [1.82, 2.24) is 4.90 Å². The summed E-state index contributed by atoms with van der Waals surface area (Å²) in [5.74, 6) is 2.01. The molecule has 0 aliphatic carbocycles. The highest BCUT2D eigenvalue weighted by Crippen LogP contribution is 2.19. The number of likely N-dealkylation sites (N-methyl/N-ethyl adjacent to an activating group) is 1. The molecule has 154 valence electrons. The molecule has 0 unspecified atom stereocenters. The Labute approximate surface area is 185 Å². The van der Waals surface area contributed by atoms with Gasteiger partial charge in [0, 0.05) is 17.8 Å². The third kappa shape index (κ3) is 7.93. The smallest absolute Gasteiger partial charge is 0.193 e. The molecular formula is C21H31IN4O2. The van der Waals surface area contributed by atoms with Gasteiger partial charge in [-0.05, 0) is 43.4 Å². The van der Waals surface area contributed by atoms with Crippen molar-refractivity contribution in [2.45, 2.75) is 20.4 Å². The van der Waals surface area contributed by atoms with Crippen LogP contribution in [0.3, 0.4) is 0 Å². The fraction of sp³-hybridized carbons (Fsp3) is 0.381. The predicted molar refractivity (Wildman–Crippen MR) is 127 cm³/mol. The van der Waals surface area contributed by atoms with Crippen LogP contribution >= 0.6 is 24.0 Å². The summed E-state index contributed by atoms with van der Waals surface area (Å²) in [6.45, 7) is 8.39. The second kappa shape index (κ2) is 13.2. The number of hydrogen-bond acceptors (Lipinski definition) is 4. The predicted octanol–water partition coefficient (Wildman–Crippen LogP) is 3.96. The second-order valence-corrected chi connectivity index (χ2v) is 6.04. The van der Waals surface area contributed by atoms with Gasteiger partial charge < -0.3 is 25.4 Å². The zero-order chi connectivity index (χ0) is 19.5. The van der Waals surface area contributed by atoms with Crippen molar-refractivity contribution in [2.75, 3.05) is 38.7 Å². The number of anilines is 1. The molecular weight excluding hydrogens is 467 g/mol. The van der Waals surface area contributed by atoms with Crippen LogP contribution in [0, 0.1) is 0 Å². The molecule has 3 N–H and O–H groups in total. The molecule has 0 aliphatic rings. The summed E-state index contributed by atoms with van der Waals surface area (Å²) in [4.78, 5) is 6.76. The number of halogens is 1. The van der Waals surface area contributed by atoms with E-state index in [2.05, 4.69) is 29.1 Å². The van der Waals surface area contributed by atoms with E-state index < -0.39 is 0 Å². The van der Waals surface area contributed by atoms with E-state index in [1.165, 1.54) is 0 Å². The third-order valence-electron chi connectivity index (χ3n) is 4.31. The largest absolute Gasteiger partial charge is 0.497 e. The Kier molecular flexibility index (Phi) is 11.4. The van der Waals surface area contributed by atoms with Gasteiger partial charge in [0.05, 0.1) is 13.7 Å². The number of benzene rings is 2. The summed E-state index contributed by atoms with van der Waals surface area (Å²) in [6.07, 6.45) is 0. The first-order valence-electron chi connectivity index (χ1n) is 9.30. The number of methoxy groups -OCH3 is 1. The Morgan fingerprint density at radius 2 is 1.75 bits per heavy atom. The number of rotatable bonds is 10. The molecule has 0 heterocycles. The molecule has 0 radical (unpaired) electrons. The Morgan fingerprint density at radius 1 is 1.07 bits per heavy atom. The molecule has 28 heavy (non-hydrogen) atoms. The lowest BCUT2D eigenvalue weighted by Crippen LogP contribution is -2.28. The first-order chi connectivity index (χ1) is 13.2. The van der Waals surface area contributed by atoms with E-state index >= 15 is 0 Å². The molecule has 0 spiro atoms. The summed E-state index contributed by atoms with van der Waals surface area (Å²) in [6, 6.07) is 15.5. The van der Waals surface area contributed by atoms with E-state index in [4.69, 9.17) is 15.2 Å². The lowest BCUT2D eigenvalue weighted by atomic mass is 10.2. The molecule has 0 aliphatic heterocycles. The van der Waals surface area contributed by atoms with Gasteiger partial charge in [-0.1, -0.05) is 32.0 Å². The van der Waals surface area contributed by atoms with Gasteiger partial charge in [-0.3, -0.25) is 0 Å². The number of para-hydroxylation sites is 1. The maximum absolute atomic E-state index is 6.01. The lowest BCUT2D eigenvalue weighted by Gasteiger charge is -2.18. The zero-order valence-electron chi connectivity index (χ0n) is 16.9. The third-order valence-corrected chi connectivity index (χ3v) is 4.31.